The van der Waals surface area contributed by atoms with Gasteiger partial charge in [-0.1, -0.05) is 31.1 Å². The lowest BCUT2D eigenvalue weighted by atomic mass is 10.1. The minimum absolute atomic E-state index is 0.0229. The second-order valence-electron chi connectivity index (χ2n) is 4.91. The van der Waals surface area contributed by atoms with Crippen LogP contribution in [0.1, 0.15) is 31.0 Å². The molecule has 0 spiro atoms. The van der Waals surface area contributed by atoms with E-state index < -0.39 is 0 Å². The molecule has 2 N–H and O–H groups in total. The lowest BCUT2D eigenvalue weighted by molar-refractivity contribution is -0.113. The molecule has 1 heterocycles. The molecule has 1 aromatic carbocycles. The van der Waals surface area contributed by atoms with Gasteiger partial charge in [0.15, 0.2) is 0 Å². The Morgan fingerprint density at radius 1 is 1.38 bits per heavy atom. The predicted molar refractivity (Wildman–Crippen MR) is 82.3 cm³/mol. The minimum atomic E-state index is -0.141. The first-order valence-electron chi connectivity index (χ1n) is 6.67. The largest absolute Gasteiger partial charge is 0.392 e. The van der Waals surface area contributed by atoms with Crippen molar-refractivity contribution in [2.45, 2.75) is 31.3 Å². The Bertz CT molecular complexity index is 593. The third-order valence-electron chi connectivity index (χ3n) is 2.86. The Kier molecular flexibility index (Phi) is 5.41. The number of aromatic nitrogens is 1. The Morgan fingerprint density at radius 2 is 2.10 bits per heavy atom. The average molecular weight is 306 g/mol. The maximum absolute atomic E-state index is 11.8. The van der Waals surface area contributed by atoms with Crippen molar-refractivity contribution in [3.05, 3.63) is 41.6 Å². The van der Waals surface area contributed by atoms with Gasteiger partial charge in [-0.05, 0) is 23.6 Å². The molecule has 2 rings (SSSR count). The third-order valence-corrected chi connectivity index (χ3v) is 3.87. The van der Waals surface area contributed by atoms with Crippen molar-refractivity contribution in [3.8, 4) is 0 Å². The molecule has 2 aromatic rings. The fraction of sp³-hybridized carbons (Fsp3) is 0.333. The van der Waals surface area contributed by atoms with Crippen LogP contribution < -0.4 is 5.32 Å². The molecular formula is C15H18N2O3S. The van der Waals surface area contributed by atoms with Crippen LogP contribution in [0.5, 0.6) is 0 Å². The highest BCUT2D eigenvalue weighted by Gasteiger charge is 2.10. The van der Waals surface area contributed by atoms with Gasteiger partial charge in [0, 0.05) is 11.0 Å². The molecule has 0 fully saturated rings. The van der Waals surface area contributed by atoms with Crippen molar-refractivity contribution in [2.75, 3.05) is 11.1 Å². The lowest BCUT2D eigenvalue weighted by Crippen LogP contribution is -2.13. The summed E-state index contributed by atoms with van der Waals surface area (Å²) in [6, 6.07) is 9.18. The van der Waals surface area contributed by atoms with Gasteiger partial charge in [0.1, 0.15) is 0 Å². The van der Waals surface area contributed by atoms with Crippen molar-refractivity contribution < 1.29 is 14.4 Å². The number of nitrogens with zero attached hydrogens (tertiary/aromatic N) is 1. The van der Waals surface area contributed by atoms with Crippen molar-refractivity contribution in [1.29, 1.82) is 0 Å². The van der Waals surface area contributed by atoms with E-state index in [1.165, 1.54) is 11.8 Å². The smallest absolute Gasteiger partial charge is 0.237 e. The van der Waals surface area contributed by atoms with Crippen LogP contribution in [0.25, 0.3) is 0 Å². The van der Waals surface area contributed by atoms with E-state index in [4.69, 9.17) is 9.63 Å². The predicted octanol–water partition coefficient (Wildman–Crippen LogP) is 3.02. The molecule has 0 saturated heterocycles. The minimum Gasteiger partial charge on any atom is -0.392 e. The summed E-state index contributed by atoms with van der Waals surface area (Å²) in [6.07, 6.45) is 0. The first kappa shape index (κ1) is 15.6. The summed E-state index contributed by atoms with van der Waals surface area (Å²) < 4.78 is 5.06. The zero-order chi connectivity index (χ0) is 15.2. The molecule has 6 heteroatoms. The Hall–Kier alpha value is -1.79. The van der Waals surface area contributed by atoms with Gasteiger partial charge in [-0.3, -0.25) is 10.1 Å². The first-order chi connectivity index (χ1) is 10.1. The topological polar surface area (TPSA) is 75.4 Å². The molecular weight excluding hydrogens is 288 g/mol. The summed E-state index contributed by atoms with van der Waals surface area (Å²) in [7, 11) is 0. The van der Waals surface area contributed by atoms with E-state index >= 15 is 0 Å². The fourth-order valence-electron chi connectivity index (χ4n) is 1.63. The summed E-state index contributed by atoms with van der Waals surface area (Å²) in [6.45, 7) is 4.04. The zero-order valence-electron chi connectivity index (χ0n) is 12.0. The lowest BCUT2D eigenvalue weighted by Gasteiger charge is -2.03. The second kappa shape index (κ2) is 7.28. The van der Waals surface area contributed by atoms with Gasteiger partial charge in [0.05, 0.1) is 18.1 Å². The normalized spacial score (nSPS) is 10.9. The third kappa shape index (κ3) is 4.61. The quantitative estimate of drug-likeness (QED) is 0.802. The van der Waals surface area contributed by atoms with Gasteiger partial charge in [-0.25, -0.2) is 0 Å². The number of nitrogens with one attached hydrogen (secondary N) is 1. The van der Waals surface area contributed by atoms with E-state index in [1.807, 2.05) is 38.1 Å². The number of benzene rings is 1. The van der Waals surface area contributed by atoms with Crippen molar-refractivity contribution in [2.24, 2.45) is 0 Å². The summed E-state index contributed by atoms with van der Waals surface area (Å²) in [5.41, 5.74) is 1.67. The molecule has 21 heavy (non-hydrogen) atoms. The molecule has 1 amide bonds. The molecule has 0 aliphatic carbocycles. The van der Waals surface area contributed by atoms with Crippen LogP contribution in [0.4, 0.5) is 5.88 Å². The standard InChI is InChI=1S/C15H18N2O3S/c1-10(2)13-7-15(20-17-13)16-14(19)9-21-12-5-3-11(8-18)4-6-12/h3-7,10,18H,8-9H2,1-2H3,(H,16,19). The first-order valence-corrected chi connectivity index (χ1v) is 7.66. The van der Waals surface area contributed by atoms with E-state index in [9.17, 15) is 4.79 Å². The molecule has 0 radical (unpaired) electrons. The number of amides is 1. The van der Waals surface area contributed by atoms with Crippen LogP contribution in [0.15, 0.2) is 39.8 Å². The molecule has 0 unspecified atom stereocenters. The molecule has 1 aromatic heterocycles. The summed E-state index contributed by atoms with van der Waals surface area (Å²) in [5, 5.41) is 15.5. The van der Waals surface area contributed by atoms with Crippen molar-refractivity contribution >= 4 is 23.6 Å². The molecule has 0 saturated carbocycles. The van der Waals surface area contributed by atoms with E-state index in [1.54, 1.807) is 6.07 Å². The van der Waals surface area contributed by atoms with E-state index in [-0.39, 0.29) is 24.2 Å². The summed E-state index contributed by atoms with van der Waals surface area (Å²) in [4.78, 5) is 12.8. The molecule has 5 nitrogen and oxygen atoms in total. The summed E-state index contributed by atoms with van der Waals surface area (Å²) in [5.74, 6) is 0.785. The number of anilines is 1. The number of rotatable bonds is 6. The number of hydrogen-bond acceptors (Lipinski definition) is 5. The van der Waals surface area contributed by atoms with Gasteiger partial charge in [-0.15, -0.1) is 11.8 Å². The van der Waals surface area contributed by atoms with E-state index in [0.29, 0.717) is 5.88 Å². The Morgan fingerprint density at radius 3 is 2.67 bits per heavy atom. The monoisotopic (exact) mass is 306 g/mol. The van der Waals surface area contributed by atoms with Gasteiger partial charge >= 0.3 is 0 Å². The van der Waals surface area contributed by atoms with Gasteiger partial charge in [-0.2, -0.15) is 0 Å². The van der Waals surface area contributed by atoms with Crippen LogP contribution in [0.3, 0.4) is 0 Å². The maximum Gasteiger partial charge on any atom is 0.237 e. The average Bonchev–Trinajstić information content (AvgIpc) is 2.94. The molecule has 0 atom stereocenters. The van der Waals surface area contributed by atoms with Gasteiger partial charge in [0.25, 0.3) is 0 Å². The van der Waals surface area contributed by atoms with Crippen LogP contribution in [0.2, 0.25) is 0 Å². The highest BCUT2D eigenvalue weighted by Crippen LogP contribution is 2.20. The number of carbonyl (C=O) groups excluding carboxylic acids is 1. The van der Waals surface area contributed by atoms with Crippen molar-refractivity contribution in [1.82, 2.24) is 5.16 Å². The highest BCUT2D eigenvalue weighted by molar-refractivity contribution is 8.00. The Labute approximate surface area is 127 Å². The van der Waals surface area contributed by atoms with E-state index in [2.05, 4.69) is 10.5 Å². The zero-order valence-corrected chi connectivity index (χ0v) is 12.8. The number of aliphatic hydroxyl groups is 1. The number of thioether (sulfide) groups is 1. The second-order valence-corrected chi connectivity index (χ2v) is 5.96. The summed E-state index contributed by atoms with van der Waals surface area (Å²) >= 11 is 1.42. The number of aliphatic hydroxyl groups excluding tert-OH is 1. The van der Waals surface area contributed by atoms with Crippen molar-refractivity contribution in [3.63, 3.8) is 0 Å². The van der Waals surface area contributed by atoms with Crippen LogP contribution in [-0.4, -0.2) is 21.9 Å². The molecule has 0 bridgehead atoms. The number of hydrogen-bond donors (Lipinski definition) is 2. The fourth-order valence-corrected chi connectivity index (χ4v) is 2.33. The van der Waals surface area contributed by atoms with E-state index in [0.717, 1.165) is 16.2 Å². The molecule has 0 aliphatic heterocycles. The van der Waals surface area contributed by atoms with Gasteiger partial charge < -0.3 is 9.63 Å². The SMILES string of the molecule is CC(C)c1cc(NC(=O)CSc2ccc(CO)cc2)on1. The molecule has 0 aliphatic rings. The van der Waals surface area contributed by atoms with Crippen LogP contribution >= 0.6 is 11.8 Å². The van der Waals surface area contributed by atoms with Crippen LogP contribution in [0, 0.1) is 0 Å². The number of carbonyl (C=O) groups is 1. The molecule has 112 valence electrons. The highest BCUT2D eigenvalue weighted by atomic mass is 32.2. The van der Waals surface area contributed by atoms with Crippen LogP contribution in [-0.2, 0) is 11.4 Å². The maximum atomic E-state index is 11.8. The van der Waals surface area contributed by atoms with Gasteiger partial charge in [0.2, 0.25) is 11.8 Å². The Balaban J connectivity index is 1.83.